The van der Waals surface area contributed by atoms with Gasteiger partial charge in [0.05, 0.1) is 12.0 Å². The predicted octanol–water partition coefficient (Wildman–Crippen LogP) is 1.36. The largest absolute Gasteiger partial charge is 0.496 e. The molecule has 1 aliphatic rings. The molecule has 112 valence electrons. The molecule has 2 atom stereocenters. The van der Waals surface area contributed by atoms with Crippen LogP contribution in [0.5, 0.6) is 5.75 Å². The van der Waals surface area contributed by atoms with Gasteiger partial charge in [0, 0.05) is 19.1 Å². The number of piperidine rings is 1. The quantitative estimate of drug-likeness (QED) is 0.914. The van der Waals surface area contributed by atoms with E-state index in [0.717, 1.165) is 5.56 Å². The lowest BCUT2D eigenvalue weighted by Crippen LogP contribution is -2.48. The van der Waals surface area contributed by atoms with Crippen molar-refractivity contribution in [1.29, 1.82) is 0 Å². The first-order valence-electron chi connectivity index (χ1n) is 6.76. The van der Waals surface area contributed by atoms with E-state index in [9.17, 15) is 8.42 Å². The maximum absolute atomic E-state index is 12.6. The summed E-state index contributed by atoms with van der Waals surface area (Å²) in [5.41, 5.74) is 6.76. The zero-order chi connectivity index (χ0) is 14.9. The Balaban J connectivity index is 2.29. The van der Waals surface area contributed by atoms with Gasteiger partial charge in [0.1, 0.15) is 5.75 Å². The summed E-state index contributed by atoms with van der Waals surface area (Å²) >= 11 is 0. The summed E-state index contributed by atoms with van der Waals surface area (Å²) < 4.78 is 32.0. The molecule has 0 aromatic heterocycles. The highest BCUT2D eigenvalue weighted by Crippen LogP contribution is 2.26. The zero-order valence-electron chi connectivity index (χ0n) is 12.2. The molecule has 0 aliphatic carbocycles. The van der Waals surface area contributed by atoms with Gasteiger partial charge in [0.25, 0.3) is 0 Å². The lowest BCUT2D eigenvalue weighted by atomic mass is 9.96. The Morgan fingerprint density at radius 2 is 2.10 bits per heavy atom. The Kier molecular flexibility index (Phi) is 4.36. The van der Waals surface area contributed by atoms with Crippen LogP contribution in [0.1, 0.15) is 18.9 Å². The number of hydrogen-bond acceptors (Lipinski definition) is 4. The van der Waals surface area contributed by atoms with Gasteiger partial charge in [0.15, 0.2) is 0 Å². The van der Waals surface area contributed by atoms with E-state index in [4.69, 9.17) is 10.5 Å². The van der Waals surface area contributed by atoms with Crippen LogP contribution < -0.4 is 10.5 Å². The highest BCUT2D eigenvalue weighted by Gasteiger charge is 2.32. The van der Waals surface area contributed by atoms with E-state index < -0.39 is 10.0 Å². The first-order valence-corrected chi connectivity index (χ1v) is 8.20. The van der Waals surface area contributed by atoms with Crippen molar-refractivity contribution in [2.45, 2.75) is 31.2 Å². The molecule has 1 aromatic rings. The van der Waals surface area contributed by atoms with Crippen molar-refractivity contribution in [3.8, 4) is 5.75 Å². The molecule has 0 saturated carbocycles. The van der Waals surface area contributed by atoms with Crippen molar-refractivity contribution in [3.05, 3.63) is 23.8 Å². The van der Waals surface area contributed by atoms with Crippen molar-refractivity contribution in [1.82, 2.24) is 4.31 Å². The standard InChI is InChI=1S/C14H22N2O3S/c1-10-8-12(4-5-14(10)19-3)20(17,18)16-7-6-13(15)11(2)9-16/h4-5,8,11,13H,6-7,9,15H2,1-3H3. The van der Waals surface area contributed by atoms with E-state index in [0.29, 0.717) is 30.2 Å². The summed E-state index contributed by atoms with van der Waals surface area (Å²) in [5.74, 6) is 0.871. The van der Waals surface area contributed by atoms with Crippen LogP contribution in [-0.2, 0) is 10.0 Å². The molecule has 0 bridgehead atoms. The van der Waals surface area contributed by atoms with E-state index in [1.54, 1.807) is 25.3 Å². The van der Waals surface area contributed by atoms with Crippen LogP contribution in [0.4, 0.5) is 0 Å². The summed E-state index contributed by atoms with van der Waals surface area (Å²) in [6, 6.07) is 5.04. The lowest BCUT2D eigenvalue weighted by molar-refractivity contribution is 0.250. The molecule has 2 unspecified atom stereocenters. The minimum Gasteiger partial charge on any atom is -0.496 e. The van der Waals surface area contributed by atoms with Crippen molar-refractivity contribution in [3.63, 3.8) is 0 Å². The van der Waals surface area contributed by atoms with Crippen LogP contribution in [0, 0.1) is 12.8 Å². The van der Waals surface area contributed by atoms with Crippen LogP contribution in [0.25, 0.3) is 0 Å². The number of sulfonamides is 1. The zero-order valence-corrected chi connectivity index (χ0v) is 13.0. The molecule has 0 amide bonds. The first-order chi connectivity index (χ1) is 9.36. The molecule has 0 spiro atoms. The van der Waals surface area contributed by atoms with E-state index in [2.05, 4.69) is 0 Å². The molecular formula is C14H22N2O3S. The number of methoxy groups -OCH3 is 1. The maximum Gasteiger partial charge on any atom is 0.243 e. The van der Waals surface area contributed by atoms with Gasteiger partial charge >= 0.3 is 0 Å². The monoisotopic (exact) mass is 298 g/mol. The number of aryl methyl sites for hydroxylation is 1. The van der Waals surface area contributed by atoms with Gasteiger partial charge in [-0.15, -0.1) is 0 Å². The molecule has 20 heavy (non-hydrogen) atoms. The second-order valence-corrected chi connectivity index (χ2v) is 7.36. The van der Waals surface area contributed by atoms with Crippen molar-refractivity contribution >= 4 is 10.0 Å². The van der Waals surface area contributed by atoms with Gasteiger partial charge in [-0.05, 0) is 43.0 Å². The van der Waals surface area contributed by atoms with E-state index in [-0.39, 0.29) is 12.0 Å². The van der Waals surface area contributed by atoms with Gasteiger partial charge in [0.2, 0.25) is 10.0 Å². The van der Waals surface area contributed by atoms with Crippen molar-refractivity contribution in [2.24, 2.45) is 11.7 Å². The summed E-state index contributed by atoms with van der Waals surface area (Å²) in [6.07, 6.45) is 0.704. The van der Waals surface area contributed by atoms with E-state index >= 15 is 0 Å². The topological polar surface area (TPSA) is 72.6 Å². The van der Waals surface area contributed by atoms with Crippen LogP contribution >= 0.6 is 0 Å². The van der Waals surface area contributed by atoms with Gasteiger partial charge < -0.3 is 10.5 Å². The lowest BCUT2D eigenvalue weighted by Gasteiger charge is -2.34. The number of nitrogens with zero attached hydrogens (tertiary/aromatic N) is 1. The summed E-state index contributed by atoms with van der Waals surface area (Å²) in [6.45, 7) is 4.80. The van der Waals surface area contributed by atoms with Crippen LogP contribution in [0.15, 0.2) is 23.1 Å². The maximum atomic E-state index is 12.6. The van der Waals surface area contributed by atoms with Gasteiger partial charge in [-0.2, -0.15) is 4.31 Å². The molecular weight excluding hydrogens is 276 g/mol. The molecule has 1 fully saturated rings. The highest BCUT2D eigenvalue weighted by atomic mass is 32.2. The van der Waals surface area contributed by atoms with Crippen molar-refractivity contribution in [2.75, 3.05) is 20.2 Å². The Morgan fingerprint density at radius 1 is 1.40 bits per heavy atom. The van der Waals surface area contributed by atoms with Crippen LogP contribution in [-0.4, -0.2) is 39.0 Å². The molecule has 2 rings (SSSR count). The Hall–Kier alpha value is -1.11. The third-order valence-electron chi connectivity index (χ3n) is 3.94. The average Bonchev–Trinajstić information content (AvgIpc) is 2.41. The molecule has 1 saturated heterocycles. The van der Waals surface area contributed by atoms with Crippen LogP contribution in [0.2, 0.25) is 0 Å². The van der Waals surface area contributed by atoms with Gasteiger partial charge in [-0.25, -0.2) is 8.42 Å². The summed E-state index contributed by atoms with van der Waals surface area (Å²) in [4.78, 5) is 0.318. The third-order valence-corrected chi connectivity index (χ3v) is 5.80. The Labute approximate surface area is 120 Å². The summed E-state index contributed by atoms with van der Waals surface area (Å²) in [5, 5.41) is 0. The van der Waals surface area contributed by atoms with Crippen molar-refractivity contribution < 1.29 is 13.2 Å². The normalized spacial score (nSPS) is 24.6. The smallest absolute Gasteiger partial charge is 0.243 e. The number of benzene rings is 1. The fraction of sp³-hybridized carbons (Fsp3) is 0.571. The summed E-state index contributed by atoms with van der Waals surface area (Å²) in [7, 11) is -1.87. The predicted molar refractivity (Wildman–Crippen MR) is 78.2 cm³/mol. The number of ether oxygens (including phenoxy) is 1. The Bertz CT molecular complexity index is 586. The Morgan fingerprint density at radius 3 is 2.65 bits per heavy atom. The molecule has 1 aromatic carbocycles. The number of hydrogen-bond donors (Lipinski definition) is 1. The van der Waals surface area contributed by atoms with Gasteiger partial charge in [-0.3, -0.25) is 0 Å². The highest BCUT2D eigenvalue weighted by molar-refractivity contribution is 7.89. The minimum absolute atomic E-state index is 0.0825. The molecule has 2 N–H and O–H groups in total. The second-order valence-electron chi connectivity index (χ2n) is 5.42. The fourth-order valence-electron chi connectivity index (χ4n) is 2.50. The van der Waals surface area contributed by atoms with E-state index in [1.165, 1.54) is 4.31 Å². The second kappa shape index (κ2) is 5.71. The molecule has 1 aliphatic heterocycles. The third kappa shape index (κ3) is 2.82. The number of rotatable bonds is 3. The fourth-order valence-corrected chi connectivity index (χ4v) is 4.15. The average molecular weight is 298 g/mol. The van der Waals surface area contributed by atoms with E-state index in [1.807, 2.05) is 13.8 Å². The molecule has 5 nitrogen and oxygen atoms in total. The first kappa shape index (κ1) is 15.3. The molecule has 1 heterocycles. The van der Waals surface area contributed by atoms with Crippen LogP contribution in [0.3, 0.4) is 0 Å². The SMILES string of the molecule is COc1ccc(S(=O)(=O)N2CCC(N)C(C)C2)cc1C. The molecule has 6 heteroatoms. The number of nitrogens with two attached hydrogens (primary N) is 1. The minimum atomic E-state index is -3.44. The van der Waals surface area contributed by atoms with Gasteiger partial charge in [-0.1, -0.05) is 6.92 Å². The molecule has 0 radical (unpaired) electrons.